The van der Waals surface area contributed by atoms with Gasteiger partial charge in [0, 0.05) is 5.56 Å². The fourth-order valence-electron chi connectivity index (χ4n) is 4.23. The molecular formula is C17H18FN9. The van der Waals surface area contributed by atoms with E-state index in [1.54, 1.807) is 11.0 Å². The molecule has 0 bridgehead atoms. The van der Waals surface area contributed by atoms with E-state index in [4.69, 9.17) is 4.99 Å². The van der Waals surface area contributed by atoms with E-state index in [0.29, 0.717) is 17.6 Å². The molecule has 2 aromatic rings. The molecule has 4 aliphatic rings. The van der Waals surface area contributed by atoms with Crippen LogP contribution in [0.4, 0.5) is 10.2 Å². The summed E-state index contributed by atoms with van der Waals surface area (Å²) < 4.78 is 14.2. The summed E-state index contributed by atoms with van der Waals surface area (Å²) in [4.78, 5) is 8.47. The summed E-state index contributed by atoms with van der Waals surface area (Å²) in [7, 11) is 0. The SMILES string of the molecule is FN1C=C2N(C1)c1ccccc1C1=NCN(n3nncc3C3CCCN3)N21. The molecule has 5 heterocycles. The topological polar surface area (TPSA) is 68.1 Å². The highest BCUT2D eigenvalue weighted by atomic mass is 19.2. The molecule has 0 saturated carbocycles. The number of aromatic nitrogens is 3. The van der Waals surface area contributed by atoms with Gasteiger partial charge in [-0.15, -0.1) is 9.89 Å². The highest BCUT2D eigenvalue weighted by Crippen LogP contribution is 2.39. The van der Waals surface area contributed by atoms with Crippen molar-refractivity contribution in [1.82, 2.24) is 30.6 Å². The smallest absolute Gasteiger partial charge is 0.162 e. The van der Waals surface area contributed by atoms with Crippen LogP contribution < -0.4 is 15.3 Å². The number of anilines is 1. The molecule has 1 atom stereocenters. The van der Waals surface area contributed by atoms with Crippen molar-refractivity contribution >= 4 is 11.5 Å². The monoisotopic (exact) mass is 367 g/mol. The summed E-state index contributed by atoms with van der Waals surface area (Å²) in [5.41, 5.74) is 2.93. The van der Waals surface area contributed by atoms with Gasteiger partial charge >= 0.3 is 0 Å². The number of hydrazine groups is 1. The predicted octanol–water partition coefficient (Wildman–Crippen LogP) is 1.05. The minimum atomic E-state index is 0.151. The van der Waals surface area contributed by atoms with Gasteiger partial charge in [0.2, 0.25) is 0 Å². The molecular weight excluding hydrogens is 349 g/mol. The molecule has 1 fully saturated rings. The van der Waals surface area contributed by atoms with Gasteiger partial charge in [-0.1, -0.05) is 16.6 Å². The van der Waals surface area contributed by atoms with Crippen molar-refractivity contribution < 1.29 is 4.48 Å². The second-order valence-electron chi connectivity index (χ2n) is 6.98. The maximum absolute atomic E-state index is 14.2. The van der Waals surface area contributed by atoms with E-state index in [-0.39, 0.29) is 12.7 Å². The Bertz CT molecular complexity index is 961. The fourth-order valence-corrected chi connectivity index (χ4v) is 4.23. The Hall–Kier alpha value is -3.14. The van der Waals surface area contributed by atoms with Gasteiger partial charge < -0.3 is 10.2 Å². The van der Waals surface area contributed by atoms with Gasteiger partial charge in [-0.2, -0.15) is 15.2 Å². The number of aliphatic imine (C=N–C) groups is 1. The summed E-state index contributed by atoms with van der Waals surface area (Å²) in [6, 6.07) is 8.16. The van der Waals surface area contributed by atoms with Crippen molar-refractivity contribution in [3.63, 3.8) is 0 Å². The maximum Gasteiger partial charge on any atom is 0.162 e. The molecule has 1 saturated heterocycles. The molecule has 9 nitrogen and oxygen atoms in total. The Labute approximate surface area is 154 Å². The van der Waals surface area contributed by atoms with Crippen LogP contribution in [0.3, 0.4) is 0 Å². The zero-order chi connectivity index (χ0) is 18.0. The molecule has 138 valence electrons. The van der Waals surface area contributed by atoms with Gasteiger partial charge in [-0.05, 0) is 36.7 Å². The van der Waals surface area contributed by atoms with Gasteiger partial charge in [-0.3, -0.25) is 0 Å². The number of fused-ring (bicyclic) bond motifs is 6. The Morgan fingerprint density at radius 2 is 2.15 bits per heavy atom. The van der Waals surface area contributed by atoms with Crippen LogP contribution in [0.2, 0.25) is 0 Å². The van der Waals surface area contributed by atoms with E-state index in [0.717, 1.165) is 42.2 Å². The van der Waals surface area contributed by atoms with Gasteiger partial charge in [-0.25, -0.2) is 4.99 Å². The number of hydrogen-bond donors (Lipinski definition) is 1. The lowest BCUT2D eigenvalue weighted by Crippen LogP contribution is -2.54. The van der Waals surface area contributed by atoms with Crippen molar-refractivity contribution in [2.45, 2.75) is 18.9 Å². The first-order chi connectivity index (χ1) is 13.3. The Morgan fingerprint density at radius 3 is 3.04 bits per heavy atom. The minimum absolute atomic E-state index is 0.151. The lowest BCUT2D eigenvalue weighted by Gasteiger charge is -2.40. The fraction of sp³-hybridized carbons (Fsp3) is 0.353. The van der Waals surface area contributed by atoms with E-state index >= 15 is 0 Å². The van der Waals surface area contributed by atoms with Crippen LogP contribution in [0.5, 0.6) is 0 Å². The molecule has 6 rings (SSSR count). The average molecular weight is 367 g/mol. The van der Waals surface area contributed by atoms with Crippen LogP contribution in [-0.2, 0) is 0 Å². The molecule has 1 N–H and O–H groups in total. The van der Waals surface area contributed by atoms with Crippen LogP contribution in [0.15, 0.2) is 47.5 Å². The zero-order valence-electron chi connectivity index (χ0n) is 14.5. The van der Waals surface area contributed by atoms with Crippen LogP contribution >= 0.6 is 0 Å². The Balaban J connectivity index is 1.46. The molecule has 0 aliphatic carbocycles. The average Bonchev–Trinajstić information content (AvgIpc) is 3.44. The van der Waals surface area contributed by atoms with Crippen molar-refractivity contribution in [3.8, 4) is 0 Å². The van der Waals surface area contributed by atoms with E-state index in [1.165, 1.54) is 6.20 Å². The predicted molar refractivity (Wildman–Crippen MR) is 96.3 cm³/mol. The first kappa shape index (κ1) is 15.0. The molecule has 1 aromatic heterocycles. The Kier molecular flexibility index (Phi) is 3.01. The van der Waals surface area contributed by atoms with Crippen LogP contribution in [0, 0.1) is 0 Å². The van der Waals surface area contributed by atoms with E-state index in [2.05, 4.69) is 15.6 Å². The summed E-state index contributed by atoms with van der Waals surface area (Å²) >= 11 is 0. The van der Waals surface area contributed by atoms with E-state index < -0.39 is 0 Å². The van der Waals surface area contributed by atoms with Crippen LogP contribution in [0.25, 0.3) is 0 Å². The van der Waals surface area contributed by atoms with Gasteiger partial charge in [0.25, 0.3) is 0 Å². The van der Waals surface area contributed by atoms with Gasteiger partial charge in [0.05, 0.1) is 24.1 Å². The van der Waals surface area contributed by atoms with Gasteiger partial charge in [0.15, 0.2) is 18.3 Å². The van der Waals surface area contributed by atoms with Crippen molar-refractivity contribution in [3.05, 3.63) is 53.7 Å². The number of amidine groups is 1. The number of hydrogen-bond acceptors (Lipinski definition) is 8. The third-order valence-electron chi connectivity index (χ3n) is 5.43. The molecule has 10 heteroatoms. The molecule has 0 spiro atoms. The first-order valence-corrected chi connectivity index (χ1v) is 9.09. The standard InChI is InChI=1S/C17H18FN9/c18-23-9-16-24(11-23)14-6-2-1-4-12(14)17-20-10-25(26(16)17)27-15(8-21-22-27)13-5-3-7-19-13/h1-2,4,6,8-9,13,19H,3,5,7,10-11H2. The third-order valence-corrected chi connectivity index (χ3v) is 5.43. The highest BCUT2D eigenvalue weighted by molar-refractivity contribution is 6.08. The molecule has 27 heavy (non-hydrogen) atoms. The lowest BCUT2D eigenvalue weighted by molar-refractivity contribution is 0.104. The van der Waals surface area contributed by atoms with Crippen LogP contribution in [-0.4, -0.2) is 51.0 Å². The number of nitrogens with zero attached hydrogens (tertiary/aromatic N) is 8. The Morgan fingerprint density at radius 1 is 1.22 bits per heavy atom. The molecule has 1 aromatic carbocycles. The normalized spacial score (nSPS) is 23.4. The largest absolute Gasteiger partial charge is 0.309 e. The number of benzene rings is 1. The summed E-state index contributed by atoms with van der Waals surface area (Å²) in [6.07, 6.45) is 5.46. The second kappa shape index (κ2) is 5.43. The molecule has 1 unspecified atom stereocenters. The molecule has 0 radical (unpaired) electrons. The number of rotatable bonds is 2. The molecule has 0 amide bonds. The number of halogens is 1. The quantitative estimate of drug-likeness (QED) is 0.796. The lowest BCUT2D eigenvalue weighted by atomic mass is 10.1. The number of para-hydroxylation sites is 1. The van der Waals surface area contributed by atoms with E-state index in [9.17, 15) is 4.48 Å². The van der Waals surface area contributed by atoms with Crippen LogP contribution in [0.1, 0.15) is 30.1 Å². The third kappa shape index (κ3) is 2.04. The van der Waals surface area contributed by atoms with Gasteiger partial charge in [0.1, 0.15) is 12.4 Å². The second-order valence-corrected chi connectivity index (χ2v) is 6.98. The number of nitrogens with one attached hydrogen (secondary N) is 1. The van der Waals surface area contributed by atoms with Crippen molar-refractivity contribution in [2.24, 2.45) is 4.99 Å². The summed E-state index contributed by atoms with van der Waals surface area (Å²) in [5.74, 6) is 1.51. The molecule has 4 aliphatic heterocycles. The maximum atomic E-state index is 14.2. The first-order valence-electron chi connectivity index (χ1n) is 9.09. The summed E-state index contributed by atoms with van der Waals surface area (Å²) in [6.45, 7) is 1.53. The minimum Gasteiger partial charge on any atom is -0.309 e. The van der Waals surface area contributed by atoms with Crippen molar-refractivity contribution in [1.29, 1.82) is 0 Å². The van der Waals surface area contributed by atoms with Crippen molar-refractivity contribution in [2.75, 3.05) is 29.9 Å². The highest BCUT2D eigenvalue weighted by Gasteiger charge is 2.43. The zero-order valence-corrected chi connectivity index (χ0v) is 14.5. The summed E-state index contributed by atoms with van der Waals surface area (Å²) in [5, 5.41) is 16.4. The van der Waals surface area contributed by atoms with E-state index in [1.807, 2.05) is 39.3 Å².